The molecule has 0 spiro atoms. The van der Waals surface area contributed by atoms with E-state index in [9.17, 15) is 4.79 Å². The molecule has 4 nitrogen and oxygen atoms in total. The molecule has 0 aliphatic carbocycles. The van der Waals surface area contributed by atoms with E-state index in [1.807, 2.05) is 11.8 Å². The minimum Gasteiger partial charge on any atom is -0.377 e. The van der Waals surface area contributed by atoms with E-state index in [1.54, 1.807) is 0 Å². The standard InChI is InChI=1S/C9H16N2O2/c1-3-11(6-4-5-10)7-9(12)8-13-2/h3-4,6-8H2,1-2H3. The van der Waals surface area contributed by atoms with Crippen LogP contribution in [0.3, 0.4) is 0 Å². The lowest BCUT2D eigenvalue weighted by Gasteiger charge is -2.17. The van der Waals surface area contributed by atoms with E-state index >= 15 is 0 Å². The smallest absolute Gasteiger partial charge is 0.172 e. The normalized spacial score (nSPS) is 10.0. The van der Waals surface area contributed by atoms with Gasteiger partial charge in [0.05, 0.1) is 12.6 Å². The number of ether oxygens (including phenoxy) is 1. The van der Waals surface area contributed by atoms with Gasteiger partial charge in [-0.05, 0) is 6.54 Å². The zero-order valence-electron chi connectivity index (χ0n) is 8.25. The number of carbonyl (C=O) groups excluding carboxylic acids is 1. The molecule has 0 saturated carbocycles. The monoisotopic (exact) mass is 184 g/mol. The lowest BCUT2D eigenvalue weighted by Crippen LogP contribution is -2.32. The van der Waals surface area contributed by atoms with Crippen LogP contribution in [-0.4, -0.2) is 44.0 Å². The van der Waals surface area contributed by atoms with Gasteiger partial charge in [0.1, 0.15) is 6.61 Å². The summed E-state index contributed by atoms with van der Waals surface area (Å²) in [6.07, 6.45) is 0.466. The number of likely N-dealkylation sites (N-methyl/N-ethyl adjacent to an activating group) is 1. The van der Waals surface area contributed by atoms with Gasteiger partial charge in [-0.25, -0.2) is 0 Å². The highest BCUT2D eigenvalue weighted by atomic mass is 16.5. The molecule has 0 atom stereocenters. The predicted octanol–water partition coefficient (Wildman–Crippen LogP) is 0.437. The lowest BCUT2D eigenvalue weighted by atomic mass is 10.3. The minimum absolute atomic E-state index is 0.0577. The molecule has 4 heteroatoms. The van der Waals surface area contributed by atoms with Crippen molar-refractivity contribution in [2.45, 2.75) is 13.3 Å². The summed E-state index contributed by atoms with van der Waals surface area (Å²) in [5.74, 6) is 0.0577. The van der Waals surface area contributed by atoms with Crippen LogP contribution >= 0.6 is 0 Å². The van der Waals surface area contributed by atoms with Crippen LogP contribution in [0.15, 0.2) is 0 Å². The van der Waals surface area contributed by atoms with Gasteiger partial charge in [0.15, 0.2) is 5.78 Å². The van der Waals surface area contributed by atoms with Crippen LogP contribution in [0.2, 0.25) is 0 Å². The highest BCUT2D eigenvalue weighted by Crippen LogP contribution is 1.91. The molecule has 0 rings (SSSR count). The maximum atomic E-state index is 11.1. The van der Waals surface area contributed by atoms with E-state index in [1.165, 1.54) is 7.11 Å². The molecule has 0 aliphatic rings. The maximum Gasteiger partial charge on any atom is 0.172 e. The Morgan fingerprint density at radius 1 is 1.62 bits per heavy atom. The molecule has 0 bridgehead atoms. The third-order valence-electron chi connectivity index (χ3n) is 1.69. The minimum atomic E-state index is 0.0577. The van der Waals surface area contributed by atoms with E-state index in [-0.39, 0.29) is 12.4 Å². The summed E-state index contributed by atoms with van der Waals surface area (Å²) in [5.41, 5.74) is 0. The number of ketones is 1. The molecule has 0 aliphatic heterocycles. The first kappa shape index (κ1) is 12.1. The number of rotatable bonds is 7. The topological polar surface area (TPSA) is 53.3 Å². The van der Waals surface area contributed by atoms with E-state index in [2.05, 4.69) is 6.07 Å². The summed E-state index contributed by atoms with van der Waals surface area (Å²) in [4.78, 5) is 13.1. The summed E-state index contributed by atoms with van der Waals surface area (Å²) >= 11 is 0. The number of nitriles is 1. The average Bonchev–Trinajstić information content (AvgIpc) is 2.12. The first-order chi connectivity index (χ1) is 6.24. The van der Waals surface area contributed by atoms with Gasteiger partial charge in [0.2, 0.25) is 0 Å². The summed E-state index contributed by atoms with van der Waals surface area (Å²) < 4.78 is 4.71. The van der Waals surface area contributed by atoms with Gasteiger partial charge >= 0.3 is 0 Å². The Hall–Kier alpha value is -0.920. The molecule has 0 fully saturated rings. The molecule has 0 aromatic carbocycles. The van der Waals surface area contributed by atoms with Crippen LogP contribution in [0, 0.1) is 11.3 Å². The molecular weight excluding hydrogens is 168 g/mol. The Bertz CT molecular complexity index is 187. The fraction of sp³-hybridized carbons (Fsp3) is 0.778. The van der Waals surface area contributed by atoms with Crippen molar-refractivity contribution in [1.29, 1.82) is 5.26 Å². The third-order valence-corrected chi connectivity index (χ3v) is 1.69. The predicted molar refractivity (Wildman–Crippen MR) is 49.2 cm³/mol. The van der Waals surface area contributed by atoms with Crippen molar-refractivity contribution in [2.75, 3.05) is 33.4 Å². The molecule has 0 amide bonds. The molecular formula is C9H16N2O2. The number of carbonyl (C=O) groups is 1. The van der Waals surface area contributed by atoms with E-state index in [4.69, 9.17) is 10.00 Å². The molecule has 0 heterocycles. The van der Waals surface area contributed by atoms with Crippen molar-refractivity contribution in [3.05, 3.63) is 0 Å². The third kappa shape index (κ3) is 6.26. The summed E-state index contributed by atoms with van der Waals surface area (Å²) in [5, 5.41) is 8.36. The summed E-state index contributed by atoms with van der Waals surface area (Å²) in [7, 11) is 1.50. The van der Waals surface area contributed by atoms with Crippen LogP contribution in [0.5, 0.6) is 0 Å². The molecule has 0 N–H and O–H groups in total. The fourth-order valence-electron chi connectivity index (χ4n) is 1.01. The molecule has 0 unspecified atom stereocenters. The number of hydrogen-bond acceptors (Lipinski definition) is 4. The second-order valence-electron chi connectivity index (χ2n) is 2.75. The maximum absolute atomic E-state index is 11.1. The highest BCUT2D eigenvalue weighted by Gasteiger charge is 2.07. The van der Waals surface area contributed by atoms with Gasteiger partial charge in [-0.15, -0.1) is 0 Å². The van der Waals surface area contributed by atoms with Crippen molar-refractivity contribution in [3.63, 3.8) is 0 Å². The quantitative estimate of drug-likeness (QED) is 0.576. The van der Waals surface area contributed by atoms with Crippen LogP contribution in [-0.2, 0) is 9.53 Å². The Balaban J connectivity index is 3.70. The number of Topliss-reactive ketones (excluding diaryl/α,β-unsaturated/α-hetero) is 1. The average molecular weight is 184 g/mol. The van der Waals surface area contributed by atoms with Crippen molar-refractivity contribution in [1.82, 2.24) is 4.90 Å². The van der Waals surface area contributed by atoms with E-state index in [0.717, 1.165) is 6.54 Å². The number of nitrogens with zero attached hydrogens (tertiary/aromatic N) is 2. The van der Waals surface area contributed by atoms with Crippen molar-refractivity contribution >= 4 is 5.78 Å². The zero-order valence-corrected chi connectivity index (χ0v) is 8.25. The SMILES string of the molecule is CCN(CCC#N)CC(=O)COC. The van der Waals surface area contributed by atoms with Crippen LogP contribution < -0.4 is 0 Å². The van der Waals surface area contributed by atoms with Crippen molar-refractivity contribution < 1.29 is 9.53 Å². The van der Waals surface area contributed by atoms with Gasteiger partial charge in [0, 0.05) is 20.1 Å². The van der Waals surface area contributed by atoms with Crippen molar-refractivity contribution in [3.8, 4) is 6.07 Å². The largest absolute Gasteiger partial charge is 0.377 e. The van der Waals surface area contributed by atoms with Gasteiger partial charge in [-0.3, -0.25) is 9.69 Å². The van der Waals surface area contributed by atoms with E-state index < -0.39 is 0 Å². The number of methoxy groups -OCH3 is 1. The van der Waals surface area contributed by atoms with Crippen molar-refractivity contribution in [2.24, 2.45) is 0 Å². The summed E-state index contributed by atoms with van der Waals surface area (Å²) in [6.45, 7) is 3.95. The van der Waals surface area contributed by atoms with Crippen LogP contribution in [0.25, 0.3) is 0 Å². The van der Waals surface area contributed by atoms with Gasteiger partial charge in [-0.2, -0.15) is 5.26 Å². The first-order valence-electron chi connectivity index (χ1n) is 4.34. The fourth-order valence-corrected chi connectivity index (χ4v) is 1.01. The first-order valence-corrected chi connectivity index (χ1v) is 4.34. The number of hydrogen-bond donors (Lipinski definition) is 0. The molecule has 0 aromatic heterocycles. The molecule has 0 saturated heterocycles. The zero-order chi connectivity index (χ0) is 10.1. The Morgan fingerprint density at radius 3 is 2.77 bits per heavy atom. The Morgan fingerprint density at radius 2 is 2.31 bits per heavy atom. The van der Waals surface area contributed by atoms with E-state index in [0.29, 0.717) is 19.5 Å². The van der Waals surface area contributed by atoms with Crippen LogP contribution in [0.4, 0.5) is 0 Å². The molecule has 74 valence electrons. The van der Waals surface area contributed by atoms with Gasteiger partial charge in [0.25, 0.3) is 0 Å². The summed E-state index contributed by atoms with van der Waals surface area (Å²) in [6, 6.07) is 2.05. The lowest BCUT2D eigenvalue weighted by molar-refractivity contribution is -0.123. The van der Waals surface area contributed by atoms with Gasteiger partial charge < -0.3 is 4.74 Å². The van der Waals surface area contributed by atoms with Gasteiger partial charge in [-0.1, -0.05) is 6.92 Å². The molecule has 13 heavy (non-hydrogen) atoms. The second kappa shape index (κ2) is 7.71. The highest BCUT2D eigenvalue weighted by molar-refractivity contribution is 5.81. The molecule has 0 aromatic rings. The molecule has 0 radical (unpaired) electrons. The van der Waals surface area contributed by atoms with Crippen LogP contribution in [0.1, 0.15) is 13.3 Å². The Labute approximate surface area is 79.1 Å². The Kier molecular flexibility index (Phi) is 7.17. The second-order valence-corrected chi connectivity index (χ2v) is 2.75.